The van der Waals surface area contributed by atoms with Crippen LogP contribution in [0.25, 0.3) is 5.65 Å². The number of H-pyrrole nitrogens is 1. The van der Waals surface area contributed by atoms with Crippen molar-refractivity contribution in [2.45, 2.75) is 26.7 Å². The molecule has 2 rings (SSSR count). The van der Waals surface area contributed by atoms with E-state index in [1.165, 1.54) is 0 Å². The molecule has 0 saturated heterocycles. The monoisotopic (exact) mass is 207 g/mol. The Kier molecular flexibility index (Phi) is 2.37. The second-order valence-electron chi connectivity index (χ2n) is 3.27. The van der Waals surface area contributed by atoms with Crippen LogP contribution in [0.1, 0.15) is 25.2 Å². The van der Waals surface area contributed by atoms with Gasteiger partial charge in [0.25, 0.3) is 0 Å². The van der Waals surface area contributed by atoms with Crippen LogP contribution in [0.5, 0.6) is 0 Å². The first-order chi connectivity index (χ1) is 6.74. The highest BCUT2D eigenvalue weighted by Crippen LogP contribution is 2.07. The van der Waals surface area contributed by atoms with Gasteiger partial charge >= 0.3 is 0 Å². The van der Waals surface area contributed by atoms with Crippen molar-refractivity contribution in [3.63, 3.8) is 0 Å². The number of hydrogen-bond acceptors (Lipinski definition) is 2. The zero-order valence-electron chi connectivity index (χ0n) is 8.37. The summed E-state index contributed by atoms with van der Waals surface area (Å²) in [5.74, 6) is 0. The van der Waals surface area contributed by atoms with Crippen LogP contribution in [0.4, 0.5) is 0 Å². The maximum absolute atomic E-state index is 5.26. The number of hydrogen-bond donors (Lipinski definition) is 1. The normalized spacial score (nSPS) is 11.0. The van der Waals surface area contributed by atoms with Gasteiger partial charge in [-0.05, 0) is 18.9 Å². The fourth-order valence-corrected chi connectivity index (χ4v) is 1.73. The summed E-state index contributed by atoms with van der Waals surface area (Å²) < 4.78 is 2.65. The molecule has 0 spiro atoms. The van der Waals surface area contributed by atoms with Crippen molar-refractivity contribution in [1.29, 1.82) is 0 Å². The van der Waals surface area contributed by atoms with Gasteiger partial charge in [0.1, 0.15) is 4.64 Å². The first-order valence-corrected chi connectivity index (χ1v) is 5.26. The molecule has 0 aromatic carbocycles. The summed E-state index contributed by atoms with van der Waals surface area (Å²) in [5, 5.41) is 3.21. The highest BCUT2D eigenvalue weighted by Gasteiger charge is 2.01. The van der Waals surface area contributed by atoms with Crippen molar-refractivity contribution in [3.05, 3.63) is 28.2 Å². The Bertz CT molecular complexity index is 510. The molecule has 0 unspecified atom stereocenters. The van der Waals surface area contributed by atoms with Crippen molar-refractivity contribution in [1.82, 2.24) is 14.6 Å². The van der Waals surface area contributed by atoms with Crippen LogP contribution in [0.2, 0.25) is 0 Å². The Morgan fingerprint density at radius 1 is 1.36 bits per heavy atom. The number of nitrogens with one attached hydrogen (secondary N) is 1. The second kappa shape index (κ2) is 3.53. The molecule has 0 amide bonds. The van der Waals surface area contributed by atoms with Gasteiger partial charge in [-0.1, -0.05) is 26.1 Å². The van der Waals surface area contributed by atoms with E-state index in [1.54, 1.807) is 0 Å². The average molecular weight is 207 g/mol. The van der Waals surface area contributed by atoms with Crippen LogP contribution in [0.15, 0.2) is 12.1 Å². The number of aromatic amines is 1. The maximum Gasteiger partial charge on any atom is 0.154 e. The number of nitrogens with zero attached hydrogens (tertiary/aromatic N) is 2. The molecule has 0 fully saturated rings. The maximum atomic E-state index is 5.26. The third-order valence-corrected chi connectivity index (χ3v) is 2.60. The third kappa shape index (κ3) is 1.46. The number of rotatable bonds is 2. The molecule has 0 saturated carbocycles. The fraction of sp³-hybridized carbons (Fsp3) is 0.400. The lowest BCUT2D eigenvalue weighted by molar-refractivity contribution is 0.863. The van der Waals surface area contributed by atoms with Crippen LogP contribution in [-0.2, 0) is 12.8 Å². The molecule has 74 valence electrons. The van der Waals surface area contributed by atoms with E-state index in [0.29, 0.717) is 0 Å². The predicted octanol–water partition coefficient (Wildman–Crippen LogP) is 2.52. The fourth-order valence-electron chi connectivity index (χ4n) is 1.45. The van der Waals surface area contributed by atoms with Crippen LogP contribution in [0.3, 0.4) is 0 Å². The first-order valence-electron chi connectivity index (χ1n) is 4.85. The SMILES string of the molecule is CCc1cc(=S)n2[nH]c(CC)cc2n1. The van der Waals surface area contributed by atoms with Gasteiger partial charge in [-0.2, -0.15) is 0 Å². The Hall–Kier alpha value is -1.16. The predicted molar refractivity (Wildman–Crippen MR) is 59.1 cm³/mol. The standard InChI is InChI=1S/C10H13N3S/c1-3-7-6-10(14)13-9(11-7)5-8(4-2)12-13/h5-6,12H,3-4H2,1-2H3. The molecule has 4 heteroatoms. The van der Waals surface area contributed by atoms with Crippen molar-refractivity contribution < 1.29 is 0 Å². The molecule has 2 heterocycles. The summed E-state index contributed by atoms with van der Waals surface area (Å²) in [6.45, 7) is 4.19. The number of aryl methyl sites for hydroxylation is 2. The van der Waals surface area contributed by atoms with Gasteiger partial charge in [-0.15, -0.1) is 0 Å². The highest BCUT2D eigenvalue weighted by molar-refractivity contribution is 7.71. The largest absolute Gasteiger partial charge is 0.296 e. The van der Waals surface area contributed by atoms with Gasteiger partial charge in [0.05, 0.1) is 0 Å². The van der Waals surface area contributed by atoms with E-state index < -0.39 is 0 Å². The minimum absolute atomic E-state index is 0.798. The van der Waals surface area contributed by atoms with E-state index >= 15 is 0 Å². The molecule has 3 nitrogen and oxygen atoms in total. The van der Waals surface area contributed by atoms with E-state index in [1.807, 2.05) is 10.6 Å². The van der Waals surface area contributed by atoms with Gasteiger partial charge in [0.15, 0.2) is 5.65 Å². The van der Waals surface area contributed by atoms with Crippen molar-refractivity contribution in [2.75, 3.05) is 0 Å². The van der Waals surface area contributed by atoms with Crippen LogP contribution in [-0.4, -0.2) is 14.6 Å². The lowest BCUT2D eigenvalue weighted by Crippen LogP contribution is -1.96. The van der Waals surface area contributed by atoms with Crippen molar-refractivity contribution in [2.24, 2.45) is 0 Å². The molecule has 14 heavy (non-hydrogen) atoms. The topological polar surface area (TPSA) is 33.1 Å². The Morgan fingerprint density at radius 2 is 2.14 bits per heavy atom. The first kappa shape index (κ1) is 9.40. The van der Waals surface area contributed by atoms with E-state index in [0.717, 1.165) is 34.5 Å². The summed E-state index contributed by atoms with van der Waals surface area (Å²) in [6.07, 6.45) is 1.90. The molecule has 2 aromatic heterocycles. The summed E-state index contributed by atoms with van der Waals surface area (Å²) in [6, 6.07) is 3.99. The summed E-state index contributed by atoms with van der Waals surface area (Å²) in [5.41, 5.74) is 3.14. The van der Waals surface area contributed by atoms with E-state index in [-0.39, 0.29) is 0 Å². The molecule has 0 radical (unpaired) electrons. The van der Waals surface area contributed by atoms with Gasteiger partial charge in [0, 0.05) is 17.5 Å². The van der Waals surface area contributed by atoms with Gasteiger partial charge < -0.3 is 0 Å². The molecular weight excluding hydrogens is 194 g/mol. The van der Waals surface area contributed by atoms with Gasteiger partial charge in [-0.25, -0.2) is 9.50 Å². The van der Waals surface area contributed by atoms with Crippen LogP contribution < -0.4 is 0 Å². The van der Waals surface area contributed by atoms with Crippen LogP contribution in [0, 0.1) is 4.64 Å². The zero-order valence-corrected chi connectivity index (χ0v) is 9.19. The quantitative estimate of drug-likeness (QED) is 0.768. The van der Waals surface area contributed by atoms with E-state index in [2.05, 4.69) is 30.0 Å². The Morgan fingerprint density at radius 3 is 2.79 bits per heavy atom. The summed E-state index contributed by atoms with van der Waals surface area (Å²) in [4.78, 5) is 4.49. The number of fused-ring (bicyclic) bond motifs is 1. The smallest absolute Gasteiger partial charge is 0.154 e. The van der Waals surface area contributed by atoms with Crippen LogP contribution >= 0.6 is 12.2 Å². The molecule has 2 aromatic rings. The highest BCUT2D eigenvalue weighted by atomic mass is 32.1. The third-order valence-electron chi connectivity index (χ3n) is 2.30. The van der Waals surface area contributed by atoms with E-state index in [9.17, 15) is 0 Å². The molecule has 0 aliphatic heterocycles. The van der Waals surface area contributed by atoms with E-state index in [4.69, 9.17) is 12.2 Å². The molecular formula is C10H13N3S. The lowest BCUT2D eigenvalue weighted by atomic mass is 10.3. The molecule has 0 bridgehead atoms. The molecule has 0 atom stereocenters. The molecule has 0 aliphatic carbocycles. The molecule has 0 aliphatic rings. The number of aromatic nitrogens is 3. The van der Waals surface area contributed by atoms with Crippen molar-refractivity contribution >= 4 is 17.9 Å². The molecule has 1 N–H and O–H groups in total. The Balaban J connectivity index is 2.73. The average Bonchev–Trinajstić information content (AvgIpc) is 2.61. The lowest BCUT2D eigenvalue weighted by Gasteiger charge is -1.97. The second-order valence-corrected chi connectivity index (χ2v) is 3.69. The summed E-state index contributed by atoms with van der Waals surface area (Å²) in [7, 11) is 0. The Labute approximate surface area is 87.8 Å². The van der Waals surface area contributed by atoms with Crippen molar-refractivity contribution in [3.8, 4) is 0 Å². The van der Waals surface area contributed by atoms with Gasteiger partial charge in [-0.3, -0.25) is 5.10 Å². The minimum Gasteiger partial charge on any atom is -0.296 e. The minimum atomic E-state index is 0.798. The van der Waals surface area contributed by atoms with Gasteiger partial charge in [0.2, 0.25) is 0 Å². The summed E-state index contributed by atoms with van der Waals surface area (Å²) >= 11 is 5.26. The zero-order chi connectivity index (χ0) is 10.1.